The Morgan fingerprint density at radius 3 is 0.977 bits per heavy atom. The van der Waals surface area contributed by atoms with Crippen molar-refractivity contribution in [3.8, 4) is 23.0 Å². The molecule has 0 heterocycles. The minimum absolute atomic E-state index is 0.231. The van der Waals surface area contributed by atoms with Gasteiger partial charge in [0, 0.05) is 16.1 Å². The predicted molar refractivity (Wildman–Crippen MR) is 394 cm³/mol. The molecule has 4 nitrogen and oxygen atoms in total. The Morgan fingerprint density at radius 1 is 0.337 bits per heavy atom. The highest BCUT2D eigenvalue weighted by Crippen LogP contribution is 2.35. The van der Waals surface area contributed by atoms with Gasteiger partial charge in [0.15, 0.2) is 0 Å². The number of hydrogen-bond acceptors (Lipinski definition) is 4. The van der Waals surface area contributed by atoms with Gasteiger partial charge >= 0.3 is 0 Å². The molecule has 6 aromatic carbocycles. The Hall–Kier alpha value is -4.61. The van der Waals surface area contributed by atoms with Crippen molar-refractivity contribution in [1.29, 1.82) is 0 Å². The second-order valence-corrected chi connectivity index (χ2v) is 44.1. The first kappa shape index (κ1) is 75.6. The Morgan fingerprint density at radius 2 is 0.640 bits per heavy atom. The molecule has 0 aliphatic carbocycles. The quantitative estimate of drug-likeness (QED) is 0.0408. The van der Waals surface area contributed by atoms with Crippen LogP contribution in [-0.2, 0) is 51.4 Å². The van der Waals surface area contributed by atoms with E-state index in [9.17, 15) is 20.4 Å². The van der Waals surface area contributed by atoms with Crippen LogP contribution in [0.3, 0.4) is 0 Å². The molecule has 476 valence electrons. The summed E-state index contributed by atoms with van der Waals surface area (Å²) < 4.78 is 0. The molecule has 0 radical (unpaired) electrons. The van der Waals surface area contributed by atoms with Crippen molar-refractivity contribution in [2.75, 3.05) is 0 Å². The first-order chi connectivity index (χ1) is 40.4. The summed E-state index contributed by atoms with van der Waals surface area (Å²) in [6.45, 7) is 49.7. The van der Waals surface area contributed by atoms with Crippen LogP contribution in [0.25, 0.3) is 0 Å². The first-order valence-corrected chi connectivity index (χ1v) is 44.7. The minimum Gasteiger partial charge on any atom is -0.508 e. The lowest BCUT2D eigenvalue weighted by molar-refractivity contribution is 0.462. The van der Waals surface area contributed by atoms with E-state index in [0.29, 0.717) is 46.7 Å². The lowest BCUT2D eigenvalue weighted by Crippen LogP contribution is -2.20. The largest absolute Gasteiger partial charge is 0.508 e. The van der Waals surface area contributed by atoms with Crippen LogP contribution in [-0.4, -0.2) is 55.6 Å². The molecular formula is C78H124O4Si4. The van der Waals surface area contributed by atoms with Gasteiger partial charge in [-0.2, -0.15) is 0 Å². The number of rotatable bonds is 26. The summed E-state index contributed by atoms with van der Waals surface area (Å²) in [5.41, 5.74) is 21.4. The van der Waals surface area contributed by atoms with Crippen LogP contribution in [0.1, 0.15) is 221 Å². The average Bonchev–Trinajstić information content (AvgIpc) is 3.61. The molecule has 0 aromatic heterocycles. The topological polar surface area (TPSA) is 80.9 Å². The molecule has 6 aromatic rings. The molecule has 0 saturated carbocycles. The summed E-state index contributed by atoms with van der Waals surface area (Å²) in [5.74, 6) is 3.60. The monoisotopic (exact) mass is 1240 g/mol. The highest BCUT2D eigenvalue weighted by molar-refractivity contribution is 6.76. The third-order valence-corrected chi connectivity index (χ3v) is 25.0. The number of hydrogen-bond donors (Lipinski definition) is 4. The molecule has 0 saturated heterocycles. The molecule has 0 atom stereocenters. The van der Waals surface area contributed by atoms with Crippen LogP contribution < -0.4 is 10.4 Å². The van der Waals surface area contributed by atoms with Crippen molar-refractivity contribution in [2.45, 2.75) is 275 Å². The SMILES string of the molecule is CC(C)c1cc(CC[Si](C)(C)C)c(C(C)C)cc1O.CCCc1cc(CC[SiH2]c2cccc(C)c2C)c(CCC)cc1O.CCCc1cc(CC[Si](C)(C)C)c(CCC)cc1O.Cc1cccc([SiH2]CCc2cc(C(C)C)c(O)cc2C(C)C)c1C. The zero-order chi connectivity index (χ0) is 64.6. The van der Waals surface area contributed by atoms with Gasteiger partial charge in [0.1, 0.15) is 23.0 Å². The van der Waals surface area contributed by atoms with Gasteiger partial charge in [-0.05, 0) is 216 Å². The maximum atomic E-state index is 10.3. The molecule has 0 aliphatic heterocycles. The zero-order valence-corrected chi connectivity index (χ0v) is 63.7. The van der Waals surface area contributed by atoms with E-state index in [1.54, 1.807) is 10.4 Å². The maximum absolute atomic E-state index is 10.3. The molecule has 0 spiro atoms. The van der Waals surface area contributed by atoms with Crippen molar-refractivity contribution in [1.82, 2.24) is 0 Å². The molecule has 0 unspecified atom stereocenters. The van der Waals surface area contributed by atoms with E-state index in [0.717, 1.165) is 92.9 Å². The summed E-state index contributed by atoms with van der Waals surface area (Å²) in [6.07, 6.45) is 13.2. The summed E-state index contributed by atoms with van der Waals surface area (Å²) in [4.78, 5) is 0. The summed E-state index contributed by atoms with van der Waals surface area (Å²) in [5, 5.41) is 44.1. The van der Waals surface area contributed by atoms with Crippen molar-refractivity contribution in [3.63, 3.8) is 0 Å². The zero-order valence-electron chi connectivity index (χ0n) is 58.9. The van der Waals surface area contributed by atoms with Crippen LogP contribution in [0.2, 0.25) is 63.5 Å². The van der Waals surface area contributed by atoms with E-state index in [-0.39, 0.29) is 19.0 Å². The number of phenolic OH excluding ortho intramolecular Hbond substituents is 4. The Bertz CT molecular complexity index is 3010. The maximum Gasteiger partial charge on any atom is 0.119 e. The van der Waals surface area contributed by atoms with Gasteiger partial charge in [0.25, 0.3) is 0 Å². The van der Waals surface area contributed by atoms with Gasteiger partial charge in [-0.1, -0.05) is 243 Å². The van der Waals surface area contributed by atoms with Gasteiger partial charge in [-0.25, -0.2) is 0 Å². The van der Waals surface area contributed by atoms with Gasteiger partial charge in [-0.3, -0.25) is 0 Å². The molecule has 4 N–H and O–H groups in total. The molecule has 0 aliphatic rings. The first-order valence-electron chi connectivity index (χ1n) is 33.8. The number of benzene rings is 6. The Balaban J connectivity index is 0.000000302. The molecule has 0 amide bonds. The molecular weight excluding hydrogens is 1110 g/mol. The van der Waals surface area contributed by atoms with Crippen molar-refractivity contribution in [3.05, 3.63) is 174 Å². The highest BCUT2D eigenvalue weighted by atomic mass is 28.3. The predicted octanol–water partition coefficient (Wildman–Crippen LogP) is 19.8. The Labute approximate surface area is 534 Å². The van der Waals surface area contributed by atoms with E-state index in [4.69, 9.17) is 0 Å². The van der Waals surface area contributed by atoms with Crippen LogP contribution in [0, 0.1) is 27.7 Å². The van der Waals surface area contributed by atoms with Gasteiger partial charge in [0.2, 0.25) is 0 Å². The van der Waals surface area contributed by atoms with E-state index < -0.39 is 16.1 Å². The molecule has 0 bridgehead atoms. The van der Waals surface area contributed by atoms with Crippen molar-refractivity contribution >= 4 is 45.6 Å². The van der Waals surface area contributed by atoms with Crippen molar-refractivity contribution in [2.24, 2.45) is 0 Å². The summed E-state index contributed by atoms with van der Waals surface area (Å²) in [7, 11) is -2.50. The molecule has 0 fully saturated rings. The normalized spacial score (nSPS) is 11.9. The molecule has 8 heteroatoms. The third kappa shape index (κ3) is 25.1. The third-order valence-electron chi connectivity index (χ3n) is 17.5. The van der Waals surface area contributed by atoms with Crippen LogP contribution >= 0.6 is 0 Å². The lowest BCUT2D eigenvalue weighted by atomic mass is 9.90. The fourth-order valence-electron chi connectivity index (χ4n) is 11.8. The van der Waals surface area contributed by atoms with Crippen LogP contribution in [0.15, 0.2) is 84.9 Å². The lowest BCUT2D eigenvalue weighted by Gasteiger charge is -2.21. The minimum atomic E-state index is -1.02. The second kappa shape index (κ2) is 36.8. The van der Waals surface area contributed by atoms with E-state index in [1.165, 1.54) is 97.4 Å². The van der Waals surface area contributed by atoms with Gasteiger partial charge in [0.05, 0.1) is 19.0 Å². The van der Waals surface area contributed by atoms with Gasteiger partial charge in [-0.15, -0.1) is 0 Å². The summed E-state index contributed by atoms with van der Waals surface area (Å²) >= 11 is 0. The number of phenols is 4. The smallest absolute Gasteiger partial charge is 0.119 e. The van der Waals surface area contributed by atoms with Gasteiger partial charge < -0.3 is 20.4 Å². The average molecular weight is 1240 g/mol. The number of aromatic hydroxyl groups is 4. The van der Waals surface area contributed by atoms with Crippen LogP contribution in [0.5, 0.6) is 23.0 Å². The molecule has 86 heavy (non-hydrogen) atoms. The van der Waals surface area contributed by atoms with E-state index in [1.807, 2.05) is 24.3 Å². The fraction of sp³-hybridized carbons (Fsp3) is 0.538. The summed E-state index contributed by atoms with van der Waals surface area (Å²) in [6, 6.07) is 35.8. The van der Waals surface area contributed by atoms with E-state index >= 15 is 0 Å². The highest BCUT2D eigenvalue weighted by Gasteiger charge is 2.20. The fourth-order valence-corrected chi connectivity index (χ4v) is 17.6. The molecule has 6 rings (SSSR count). The Kier molecular flexibility index (Phi) is 32.3. The van der Waals surface area contributed by atoms with E-state index in [2.05, 4.69) is 211 Å². The number of aryl methyl sites for hydroxylation is 10. The second-order valence-electron chi connectivity index (χ2n) is 28.9. The van der Waals surface area contributed by atoms with Crippen molar-refractivity contribution < 1.29 is 20.4 Å². The van der Waals surface area contributed by atoms with Crippen LogP contribution in [0.4, 0.5) is 0 Å². The standard InChI is InChI=1S/2C22H32OSi.2C17H30OSi/c1-14(2)19-13-21(23)20(15(3)4)12-18(19)10-11-24-22-9-7-8-16(5)17(22)6;1-5-8-18-15-21(23)20(9-6-2)14-19(18)12-13-24-22-11-7-10-16(3)17(22)4;1-12(2)15-11-17(18)16(13(3)4)10-14(15)8-9-19(5,6)7;1-6-8-14-13-17(18)16(9-7-2)12-15(14)10-11-19(3,4)5/h7-9,12-15,23H,10-11,24H2,1-6H3;7,10-11,14-15,23H,5-6,8-9,12-13,24H2,1-4H3;10-13,18H,8-9H2,1-7H3;12-13,18H,6-11H2,1-5H3.